The summed E-state index contributed by atoms with van der Waals surface area (Å²) in [5.41, 5.74) is 2.44. The second-order valence-corrected chi connectivity index (χ2v) is 6.57. The first-order valence-corrected chi connectivity index (χ1v) is 7.96. The summed E-state index contributed by atoms with van der Waals surface area (Å²) in [5, 5.41) is 5.35. The van der Waals surface area contributed by atoms with E-state index < -0.39 is 0 Å². The highest BCUT2D eigenvalue weighted by Crippen LogP contribution is 2.29. The minimum absolute atomic E-state index is 0.0149. The number of ketones is 1. The van der Waals surface area contributed by atoms with Gasteiger partial charge in [-0.05, 0) is 38.5 Å². The van der Waals surface area contributed by atoms with Crippen LogP contribution in [0.3, 0.4) is 0 Å². The summed E-state index contributed by atoms with van der Waals surface area (Å²) in [6.45, 7) is 1.61. The van der Waals surface area contributed by atoms with Crippen molar-refractivity contribution >= 4 is 33.0 Å². The number of Topliss-reactive ketones (excluding diaryl/α,β-unsaturated/α-hetero) is 1. The molecule has 1 aromatic heterocycles. The van der Waals surface area contributed by atoms with Crippen molar-refractivity contribution in [2.45, 2.75) is 18.9 Å². The van der Waals surface area contributed by atoms with Gasteiger partial charge in [-0.2, -0.15) is 0 Å². The van der Waals surface area contributed by atoms with Crippen molar-refractivity contribution in [2.24, 2.45) is 0 Å². The number of nitrogens with one attached hydrogen (secondary N) is 1. The number of hydrogen-bond donors (Lipinski definition) is 1. The van der Waals surface area contributed by atoms with Gasteiger partial charge in [-0.25, -0.2) is 0 Å². The van der Waals surface area contributed by atoms with Crippen molar-refractivity contribution in [2.75, 3.05) is 6.54 Å². The molecule has 1 atom stereocenters. The summed E-state index contributed by atoms with van der Waals surface area (Å²) >= 11 is 5.13. The topological polar surface area (TPSA) is 29.1 Å². The van der Waals surface area contributed by atoms with E-state index in [0.717, 1.165) is 22.4 Å². The minimum atomic E-state index is -0.0149. The molecule has 4 heteroatoms. The fourth-order valence-electron chi connectivity index (χ4n) is 2.52. The average molecular weight is 336 g/mol. The van der Waals surface area contributed by atoms with Gasteiger partial charge in [0.25, 0.3) is 0 Å². The maximum absolute atomic E-state index is 12.5. The first-order valence-electron chi connectivity index (χ1n) is 6.29. The Bertz CT molecular complexity index is 608. The number of halogens is 1. The van der Waals surface area contributed by atoms with Crippen LogP contribution in [0.1, 0.15) is 21.9 Å². The summed E-state index contributed by atoms with van der Waals surface area (Å²) in [6.07, 6.45) is 0.513. The molecular formula is C15H14BrNOS. The molecule has 1 aliphatic heterocycles. The molecule has 0 aliphatic carbocycles. The van der Waals surface area contributed by atoms with E-state index in [2.05, 4.69) is 33.4 Å². The minimum Gasteiger partial charge on any atom is -0.312 e. The number of thiophene rings is 1. The van der Waals surface area contributed by atoms with Crippen LogP contribution in [-0.4, -0.2) is 12.3 Å². The van der Waals surface area contributed by atoms with Crippen molar-refractivity contribution in [1.82, 2.24) is 5.32 Å². The van der Waals surface area contributed by atoms with E-state index in [1.807, 2.05) is 23.6 Å². The van der Waals surface area contributed by atoms with Crippen LogP contribution >= 0.6 is 27.3 Å². The maximum Gasteiger partial charge on any atom is 0.146 e. The van der Waals surface area contributed by atoms with Gasteiger partial charge in [0.1, 0.15) is 5.78 Å². The molecule has 0 fully saturated rings. The van der Waals surface area contributed by atoms with Gasteiger partial charge in [0.15, 0.2) is 0 Å². The molecule has 2 aromatic rings. The van der Waals surface area contributed by atoms with Crippen molar-refractivity contribution in [3.8, 4) is 0 Å². The summed E-state index contributed by atoms with van der Waals surface area (Å²) in [4.78, 5) is 13.6. The Hall–Kier alpha value is -0.970. The van der Waals surface area contributed by atoms with Crippen LogP contribution in [0.2, 0.25) is 0 Å². The molecule has 98 valence electrons. The SMILES string of the molecule is O=C(Cc1sccc1Br)C1CNCc2ccccc21. The molecule has 0 amide bonds. The van der Waals surface area contributed by atoms with E-state index in [0.29, 0.717) is 12.2 Å². The zero-order valence-corrected chi connectivity index (χ0v) is 12.8. The lowest BCUT2D eigenvalue weighted by Gasteiger charge is -2.25. The molecule has 19 heavy (non-hydrogen) atoms. The average Bonchev–Trinajstić information content (AvgIpc) is 2.83. The normalized spacial score (nSPS) is 18.1. The van der Waals surface area contributed by atoms with Crippen LogP contribution in [0.5, 0.6) is 0 Å². The third kappa shape index (κ3) is 2.66. The molecule has 0 bridgehead atoms. The number of fused-ring (bicyclic) bond motifs is 1. The summed E-state index contributed by atoms with van der Waals surface area (Å²) in [5.74, 6) is 0.279. The van der Waals surface area contributed by atoms with Gasteiger partial charge < -0.3 is 5.32 Å². The van der Waals surface area contributed by atoms with Crippen LogP contribution in [0.15, 0.2) is 40.2 Å². The standard InChI is InChI=1S/C15H14BrNOS/c16-13-5-6-19-15(13)7-14(18)12-9-17-8-10-3-1-2-4-11(10)12/h1-6,12,17H,7-9H2. The maximum atomic E-state index is 12.5. The monoisotopic (exact) mass is 335 g/mol. The number of hydrogen-bond acceptors (Lipinski definition) is 3. The van der Waals surface area contributed by atoms with Gasteiger partial charge in [-0.15, -0.1) is 11.3 Å². The Morgan fingerprint density at radius 2 is 2.21 bits per heavy atom. The summed E-state index contributed by atoms with van der Waals surface area (Å²) in [6, 6.07) is 10.2. The van der Waals surface area contributed by atoms with Crippen LogP contribution in [-0.2, 0) is 17.8 Å². The van der Waals surface area contributed by atoms with Gasteiger partial charge in [0.05, 0.1) is 5.92 Å². The van der Waals surface area contributed by atoms with E-state index in [-0.39, 0.29) is 5.92 Å². The molecule has 3 rings (SSSR count). The first kappa shape index (κ1) is 13.0. The van der Waals surface area contributed by atoms with E-state index in [9.17, 15) is 4.79 Å². The van der Waals surface area contributed by atoms with E-state index in [4.69, 9.17) is 0 Å². The molecule has 2 heterocycles. The second-order valence-electron chi connectivity index (χ2n) is 4.72. The lowest BCUT2D eigenvalue weighted by molar-refractivity contribution is -0.119. The molecule has 1 N–H and O–H groups in total. The van der Waals surface area contributed by atoms with Crippen LogP contribution in [0.4, 0.5) is 0 Å². The fourth-order valence-corrected chi connectivity index (χ4v) is 4.02. The smallest absolute Gasteiger partial charge is 0.146 e. The quantitative estimate of drug-likeness (QED) is 0.929. The molecule has 0 saturated heterocycles. The number of benzene rings is 1. The Balaban J connectivity index is 1.84. The third-order valence-electron chi connectivity index (χ3n) is 3.51. The summed E-state index contributed by atoms with van der Waals surface area (Å²) in [7, 11) is 0. The second kappa shape index (κ2) is 5.57. The molecule has 1 aliphatic rings. The van der Waals surface area contributed by atoms with Gasteiger partial charge in [-0.1, -0.05) is 24.3 Å². The molecule has 2 nitrogen and oxygen atoms in total. The van der Waals surface area contributed by atoms with Crippen LogP contribution in [0.25, 0.3) is 0 Å². The van der Waals surface area contributed by atoms with Crippen molar-refractivity contribution < 1.29 is 4.79 Å². The molecule has 1 unspecified atom stereocenters. The van der Waals surface area contributed by atoms with Gasteiger partial charge >= 0.3 is 0 Å². The molecule has 0 spiro atoms. The number of carbonyl (C=O) groups is 1. The van der Waals surface area contributed by atoms with Crippen molar-refractivity contribution in [3.63, 3.8) is 0 Å². The zero-order valence-electron chi connectivity index (χ0n) is 10.4. The molecular weight excluding hydrogens is 322 g/mol. The Morgan fingerprint density at radius 3 is 3.00 bits per heavy atom. The highest BCUT2D eigenvalue weighted by Gasteiger charge is 2.26. The number of rotatable bonds is 3. The predicted octanol–water partition coefficient (Wildman–Crippen LogP) is 3.51. The summed E-state index contributed by atoms with van der Waals surface area (Å²) < 4.78 is 1.04. The lowest BCUT2D eigenvalue weighted by atomic mass is 9.86. The van der Waals surface area contributed by atoms with Crippen LogP contribution in [0, 0.1) is 0 Å². The van der Waals surface area contributed by atoms with Crippen molar-refractivity contribution in [3.05, 3.63) is 56.2 Å². The predicted molar refractivity (Wildman–Crippen MR) is 81.6 cm³/mol. The first-order chi connectivity index (χ1) is 9.25. The van der Waals surface area contributed by atoms with Gasteiger partial charge in [0.2, 0.25) is 0 Å². The number of carbonyl (C=O) groups excluding carboxylic acids is 1. The highest BCUT2D eigenvalue weighted by molar-refractivity contribution is 9.10. The molecule has 1 aromatic carbocycles. The Morgan fingerprint density at radius 1 is 1.37 bits per heavy atom. The Kier molecular flexibility index (Phi) is 3.82. The highest BCUT2D eigenvalue weighted by atomic mass is 79.9. The molecule has 0 radical (unpaired) electrons. The van der Waals surface area contributed by atoms with Gasteiger partial charge in [-0.3, -0.25) is 4.79 Å². The van der Waals surface area contributed by atoms with Crippen LogP contribution < -0.4 is 5.32 Å². The van der Waals surface area contributed by atoms with E-state index in [1.54, 1.807) is 11.3 Å². The molecule has 0 saturated carbocycles. The Labute approximate surface area is 125 Å². The fraction of sp³-hybridized carbons (Fsp3) is 0.267. The van der Waals surface area contributed by atoms with E-state index >= 15 is 0 Å². The zero-order chi connectivity index (χ0) is 13.2. The van der Waals surface area contributed by atoms with Crippen molar-refractivity contribution in [1.29, 1.82) is 0 Å². The third-order valence-corrected chi connectivity index (χ3v) is 5.44. The van der Waals surface area contributed by atoms with E-state index in [1.165, 1.54) is 11.1 Å². The van der Waals surface area contributed by atoms with Gasteiger partial charge in [0, 0.05) is 28.9 Å². The lowest BCUT2D eigenvalue weighted by Crippen LogP contribution is -2.33. The largest absolute Gasteiger partial charge is 0.312 e.